The third-order valence-electron chi connectivity index (χ3n) is 6.80. The van der Waals surface area contributed by atoms with E-state index in [4.69, 9.17) is 11.5 Å². The van der Waals surface area contributed by atoms with Crippen LogP contribution < -0.4 is 11.5 Å². The number of fused-ring (bicyclic) bond motifs is 1. The van der Waals surface area contributed by atoms with E-state index in [0.29, 0.717) is 12.0 Å². The Morgan fingerprint density at radius 3 is 2.08 bits per heavy atom. The molecule has 2 atom stereocenters. The Hall–Kier alpha value is -4.11. The van der Waals surface area contributed by atoms with Gasteiger partial charge in [0.05, 0.1) is 0 Å². The van der Waals surface area contributed by atoms with Crippen molar-refractivity contribution in [2.24, 2.45) is 11.5 Å². The average molecular weight is 551 g/mol. The Bertz CT molecular complexity index is 1420. The number of primary amides is 1. The molecule has 3 aromatic rings. The lowest BCUT2D eigenvalue weighted by atomic mass is 9.98. The number of hydrogen-bond acceptors (Lipinski definition) is 4. The largest absolute Gasteiger partial charge is 0.368 e. The summed E-state index contributed by atoms with van der Waals surface area (Å²) in [6, 6.07) is 14.7. The van der Waals surface area contributed by atoms with E-state index in [1.807, 2.05) is 56.3 Å². The van der Waals surface area contributed by atoms with E-state index in [9.17, 15) is 23.2 Å². The standard InChI is InChI=1S/C31H36F2N4O3/c1-31(2,35)15-7-10-28(38)36(3)27(19-20-11-13-22-8-5-6-9-23(22)16-20)30(40)37(4)26(29(34)39)18-21-12-14-24(32)25(33)17-21/h5-14,16-17,26-27H,15,18-19,35H2,1-4H3,(H2,34,39)/b10-7+/t26-,27-/m1/s1. The molecule has 0 aliphatic rings. The molecule has 0 fully saturated rings. The van der Waals surface area contributed by atoms with Gasteiger partial charge in [0.15, 0.2) is 11.6 Å². The summed E-state index contributed by atoms with van der Waals surface area (Å²) in [6.07, 6.45) is 3.54. The van der Waals surface area contributed by atoms with Crippen molar-refractivity contribution in [1.82, 2.24) is 9.80 Å². The fourth-order valence-electron chi connectivity index (χ4n) is 4.42. The van der Waals surface area contributed by atoms with Crippen molar-refractivity contribution in [3.8, 4) is 0 Å². The van der Waals surface area contributed by atoms with Crippen molar-refractivity contribution in [1.29, 1.82) is 0 Å². The molecule has 3 amide bonds. The summed E-state index contributed by atoms with van der Waals surface area (Å²) in [5.74, 6) is -3.84. The van der Waals surface area contributed by atoms with Crippen LogP contribution in [0.25, 0.3) is 10.8 Å². The van der Waals surface area contributed by atoms with E-state index in [1.165, 1.54) is 36.0 Å². The van der Waals surface area contributed by atoms with Gasteiger partial charge in [0.1, 0.15) is 12.1 Å². The second kappa shape index (κ2) is 12.8. The normalized spacial score (nSPS) is 13.3. The zero-order valence-electron chi connectivity index (χ0n) is 23.2. The quantitative estimate of drug-likeness (QED) is 0.355. The molecule has 0 heterocycles. The van der Waals surface area contributed by atoms with E-state index in [1.54, 1.807) is 6.08 Å². The molecular weight excluding hydrogens is 514 g/mol. The molecule has 0 bridgehead atoms. The van der Waals surface area contributed by atoms with Gasteiger partial charge in [0, 0.05) is 32.5 Å². The van der Waals surface area contributed by atoms with E-state index in [2.05, 4.69) is 0 Å². The highest BCUT2D eigenvalue weighted by Crippen LogP contribution is 2.20. The molecule has 0 unspecified atom stereocenters. The third-order valence-corrected chi connectivity index (χ3v) is 6.80. The first-order valence-corrected chi connectivity index (χ1v) is 13.0. The topological polar surface area (TPSA) is 110 Å². The maximum absolute atomic E-state index is 13.9. The smallest absolute Gasteiger partial charge is 0.246 e. The van der Waals surface area contributed by atoms with Gasteiger partial charge in [-0.15, -0.1) is 0 Å². The molecule has 9 heteroatoms. The molecule has 3 aromatic carbocycles. The number of amides is 3. The summed E-state index contributed by atoms with van der Waals surface area (Å²) < 4.78 is 27.2. The fraction of sp³-hybridized carbons (Fsp3) is 0.323. The van der Waals surface area contributed by atoms with Crippen LogP contribution in [0.15, 0.2) is 72.8 Å². The lowest BCUT2D eigenvalue weighted by Crippen LogP contribution is -2.55. The maximum atomic E-state index is 13.9. The van der Waals surface area contributed by atoms with Gasteiger partial charge >= 0.3 is 0 Å². The van der Waals surface area contributed by atoms with Crippen LogP contribution >= 0.6 is 0 Å². The van der Waals surface area contributed by atoms with Crippen LogP contribution in [0.2, 0.25) is 0 Å². The molecule has 3 rings (SSSR count). The van der Waals surface area contributed by atoms with Gasteiger partial charge in [-0.1, -0.05) is 54.6 Å². The van der Waals surface area contributed by atoms with Crippen LogP contribution in [0.1, 0.15) is 31.4 Å². The van der Waals surface area contributed by atoms with Crippen molar-refractivity contribution in [3.05, 3.63) is 95.6 Å². The molecule has 212 valence electrons. The molecule has 0 aliphatic heterocycles. The van der Waals surface area contributed by atoms with Gasteiger partial charge in [-0.3, -0.25) is 14.4 Å². The number of halogens is 2. The Labute approximate surface area is 233 Å². The van der Waals surface area contributed by atoms with Crippen LogP contribution in [-0.2, 0) is 27.2 Å². The summed E-state index contributed by atoms with van der Waals surface area (Å²) in [5, 5.41) is 2.01. The van der Waals surface area contributed by atoms with Crippen LogP contribution in [0.5, 0.6) is 0 Å². The SMILES string of the molecule is CN(C(=O)/C=C/CC(C)(C)N)[C@H](Cc1ccc2ccccc2c1)C(=O)N(C)[C@H](Cc1ccc(F)c(F)c1)C(N)=O. The minimum absolute atomic E-state index is 0.124. The zero-order valence-corrected chi connectivity index (χ0v) is 23.2. The molecular formula is C31H36F2N4O3. The van der Waals surface area contributed by atoms with Crippen molar-refractivity contribution < 1.29 is 23.2 Å². The zero-order chi connectivity index (χ0) is 29.6. The number of hydrogen-bond donors (Lipinski definition) is 2. The van der Waals surface area contributed by atoms with Crippen LogP contribution in [0.4, 0.5) is 8.78 Å². The Balaban J connectivity index is 1.92. The molecule has 0 aliphatic carbocycles. The van der Waals surface area contributed by atoms with Crippen LogP contribution in [-0.4, -0.2) is 59.2 Å². The van der Waals surface area contributed by atoms with Crippen molar-refractivity contribution >= 4 is 28.5 Å². The van der Waals surface area contributed by atoms with Crippen LogP contribution in [0.3, 0.4) is 0 Å². The van der Waals surface area contributed by atoms with Gasteiger partial charge in [-0.2, -0.15) is 0 Å². The highest BCUT2D eigenvalue weighted by Gasteiger charge is 2.34. The fourth-order valence-corrected chi connectivity index (χ4v) is 4.42. The molecule has 0 spiro atoms. The monoisotopic (exact) mass is 550 g/mol. The Kier molecular flexibility index (Phi) is 9.76. The number of likely N-dealkylation sites (N-methyl/N-ethyl adjacent to an activating group) is 2. The summed E-state index contributed by atoms with van der Waals surface area (Å²) >= 11 is 0. The second-order valence-electron chi connectivity index (χ2n) is 10.8. The van der Waals surface area contributed by atoms with E-state index >= 15 is 0 Å². The first-order chi connectivity index (χ1) is 18.8. The van der Waals surface area contributed by atoms with Gasteiger partial charge in [0.2, 0.25) is 17.7 Å². The average Bonchev–Trinajstić information content (AvgIpc) is 2.90. The summed E-state index contributed by atoms with van der Waals surface area (Å²) in [5.41, 5.74) is 12.3. The Morgan fingerprint density at radius 2 is 1.45 bits per heavy atom. The Morgan fingerprint density at radius 1 is 0.850 bits per heavy atom. The number of nitrogens with two attached hydrogens (primary N) is 2. The van der Waals surface area contributed by atoms with Crippen molar-refractivity contribution in [2.75, 3.05) is 14.1 Å². The lowest BCUT2D eigenvalue weighted by Gasteiger charge is -2.33. The number of rotatable bonds is 11. The molecule has 7 nitrogen and oxygen atoms in total. The number of carbonyl (C=O) groups excluding carboxylic acids is 3. The minimum Gasteiger partial charge on any atom is -0.368 e. The second-order valence-corrected chi connectivity index (χ2v) is 10.8. The molecule has 0 aromatic heterocycles. The third kappa shape index (κ3) is 7.95. The first-order valence-electron chi connectivity index (χ1n) is 13.0. The number of carbonyl (C=O) groups is 3. The number of nitrogens with zero attached hydrogens (tertiary/aromatic N) is 2. The molecule has 0 saturated heterocycles. The first kappa shape index (κ1) is 30.4. The highest BCUT2D eigenvalue weighted by molar-refractivity contribution is 5.95. The van der Waals surface area contributed by atoms with E-state index in [-0.39, 0.29) is 12.8 Å². The molecule has 4 N–H and O–H groups in total. The van der Waals surface area contributed by atoms with Gasteiger partial charge in [-0.25, -0.2) is 8.78 Å². The maximum Gasteiger partial charge on any atom is 0.246 e. The van der Waals surface area contributed by atoms with E-state index in [0.717, 1.165) is 28.5 Å². The van der Waals surface area contributed by atoms with E-state index < -0.39 is 47.0 Å². The van der Waals surface area contributed by atoms with Crippen molar-refractivity contribution in [3.63, 3.8) is 0 Å². The van der Waals surface area contributed by atoms with Crippen molar-refractivity contribution in [2.45, 2.75) is 50.7 Å². The predicted octanol–water partition coefficient (Wildman–Crippen LogP) is 3.73. The highest BCUT2D eigenvalue weighted by atomic mass is 19.2. The number of benzene rings is 3. The van der Waals surface area contributed by atoms with Gasteiger partial charge in [-0.05, 0) is 60.4 Å². The summed E-state index contributed by atoms with van der Waals surface area (Å²) in [7, 11) is 2.93. The lowest BCUT2D eigenvalue weighted by molar-refractivity contribution is -0.145. The minimum atomic E-state index is -1.16. The molecule has 0 saturated carbocycles. The molecule has 0 radical (unpaired) electrons. The molecule has 40 heavy (non-hydrogen) atoms. The van der Waals surface area contributed by atoms with Gasteiger partial charge < -0.3 is 21.3 Å². The summed E-state index contributed by atoms with van der Waals surface area (Å²) in [6.45, 7) is 3.67. The van der Waals surface area contributed by atoms with Gasteiger partial charge in [0.25, 0.3) is 0 Å². The predicted molar refractivity (Wildman–Crippen MR) is 152 cm³/mol. The summed E-state index contributed by atoms with van der Waals surface area (Å²) in [4.78, 5) is 41.9. The van der Waals surface area contributed by atoms with Crippen LogP contribution in [0, 0.1) is 11.6 Å².